The van der Waals surface area contributed by atoms with E-state index in [0.29, 0.717) is 6.54 Å². The molecule has 0 aliphatic carbocycles. The van der Waals surface area contributed by atoms with Crippen LogP contribution in [-0.4, -0.2) is 14.8 Å². The molecule has 0 radical (unpaired) electrons. The van der Waals surface area contributed by atoms with Crippen molar-refractivity contribution in [1.82, 2.24) is 14.8 Å². The lowest BCUT2D eigenvalue weighted by Gasteiger charge is -2.08. The van der Waals surface area contributed by atoms with Gasteiger partial charge in [-0.25, -0.2) is 0 Å². The van der Waals surface area contributed by atoms with Gasteiger partial charge in [-0.3, -0.25) is 0 Å². The van der Waals surface area contributed by atoms with Gasteiger partial charge in [0.25, 0.3) is 0 Å². The van der Waals surface area contributed by atoms with Crippen molar-refractivity contribution in [3.63, 3.8) is 0 Å². The van der Waals surface area contributed by atoms with Crippen LogP contribution >= 0.6 is 0 Å². The normalized spacial score (nSPS) is 10.8. The molecule has 0 fully saturated rings. The highest BCUT2D eigenvalue weighted by Crippen LogP contribution is 2.19. The van der Waals surface area contributed by atoms with Gasteiger partial charge in [-0.15, -0.1) is 10.2 Å². The summed E-state index contributed by atoms with van der Waals surface area (Å²) in [6.45, 7) is 5.63. The van der Waals surface area contributed by atoms with Crippen LogP contribution in [0.15, 0.2) is 24.3 Å². The van der Waals surface area contributed by atoms with Crippen molar-refractivity contribution in [2.45, 2.75) is 39.8 Å². The predicted molar refractivity (Wildman–Crippen MR) is 73.0 cm³/mol. The highest BCUT2D eigenvalue weighted by molar-refractivity contribution is 5.55. The molecular formula is C14H20N4. The van der Waals surface area contributed by atoms with E-state index in [0.717, 1.165) is 36.6 Å². The summed E-state index contributed by atoms with van der Waals surface area (Å²) in [7, 11) is 0. The Morgan fingerprint density at radius 3 is 2.39 bits per heavy atom. The van der Waals surface area contributed by atoms with E-state index in [1.807, 2.05) is 0 Å². The van der Waals surface area contributed by atoms with Gasteiger partial charge in [-0.2, -0.15) is 0 Å². The predicted octanol–water partition coefficient (Wildman–Crippen LogP) is 2.38. The lowest BCUT2D eigenvalue weighted by atomic mass is 10.1. The zero-order valence-electron chi connectivity index (χ0n) is 11.1. The van der Waals surface area contributed by atoms with Crippen LogP contribution in [0.4, 0.5) is 0 Å². The van der Waals surface area contributed by atoms with Gasteiger partial charge < -0.3 is 10.3 Å². The number of rotatable bonds is 5. The minimum atomic E-state index is 0.431. The quantitative estimate of drug-likeness (QED) is 0.878. The topological polar surface area (TPSA) is 56.7 Å². The summed E-state index contributed by atoms with van der Waals surface area (Å²) in [6, 6.07) is 8.50. The minimum absolute atomic E-state index is 0.431. The summed E-state index contributed by atoms with van der Waals surface area (Å²) in [5.41, 5.74) is 8.13. The fourth-order valence-electron chi connectivity index (χ4n) is 2.05. The molecule has 0 bridgehead atoms. The summed E-state index contributed by atoms with van der Waals surface area (Å²) in [4.78, 5) is 0. The molecule has 1 heterocycles. The number of hydrogen-bond acceptors (Lipinski definition) is 3. The first-order valence-electron chi connectivity index (χ1n) is 6.51. The standard InChI is InChI=1S/C14H20N4/c1-3-9-18-13(10-15)16-17-14(18)12-7-5-11(4-2)6-8-12/h5-8H,3-4,9-10,15H2,1-2H3. The molecule has 0 aliphatic heterocycles. The summed E-state index contributed by atoms with van der Waals surface area (Å²) >= 11 is 0. The van der Waals surface area contributed by atoms with Crippen LogP contribution in [0.2, 0.25) is 0 Å². The second-order valence-corrected chi connectivity index (χ2v) is 4.35. The van der Waals surface area contributed by atoms with Crippen LogP contribution in [-0.2, 0) is 19.5 Å². The Kier molecular flexibility index (Phi) is 4.10. The van der Waals surface area contributed by atoms with Crippen LogP contribution in [0.1, 0.15) is 31.7 Å². The SMILES string of the molecule is CCCn1c(CN)nnc1-c1ccc(CC)cc1. The Bertz CT molecular complexity index is 499. The molecule has 2 rings (SSSR count). The number of benzene rings is 1. The first-order valence-corrected chi connectivity index (χ1v) is 6.51. The van der Waals surface area contributed by atoms with Crippen molar-refractivity contribution in [1.29, 1.82) is 0 Å². The van der Waals surface area contributed by atoms with E-state index in [1.165, 1.54) is 5.56 Å². The van der Waals surface area contributed by atoms with Crippen LogP contribution < -0.4 is 5.73 Å². The Hall–Kier alpha value is -1.68. The molecular weight excluding hydrogens is 224 g/mol. The summed E-state index contributed by atoms with van der Waals surface area (Å²) < 4.78 is 2.11. The number of aromatic nitrogens is 3. The highest BCUT2D eigenvalue weighted by atomic mass is 15.3. The Labute approximate surface area is 108 Å². The molecule has 96 valence electrons. The van der Waals surface area contributed by atoms with Crippen LogP contribution in [0.5, 0.6) is 0 Å². The largest absolute Gasteiger partial charge is 0.324 e. The zero-order chi connectivity index (χ0) is 13.0. The molecule has 4 nitrogen and oxygen atoms in total. The molecule has 18 heavy (non-hydrogen) atoms. The van der Waals surface area contributed by atoms with E-state index in [4.69, 9.17) is 5.73 Å². The van der Waals surface area contributed by atoms with E-state index < -0.39 is 0 Å². The van der Waals surface area contributed by atoms with Gasteiger partial charge in [0.2, 0.25) is 0 Å². The maximum atomic E-state index is 5.69. The van der Waals surface area contributed by atoms with E-state index in [-0.39, 0.29) is 0 Å². The van der Waals surface area contributed by atoms with Gasteiger partial charge in [0.1, 0.15) is 5.82 Å². The monoisotopic (exact) mass is 244 g/mol. The highest BCUT2D eigenvalue weighted by Gasteiger charge is 2.11. The Balaban J connectivity index is 2.39. The molecule has 0 amide bonds. The second-order valence-electron chi connectivity index (χ2n) is 4.35. The van der Waals surface area contributed by atoms with E-state index >= 15 is 0 Å². The van der Waals surface area contributed by atoms with E-state index in [9.17, 15) is 0 Å². The number of aryl methyl sites for hydroxylation is 1. The van der Waals surface area contributed by atoms with Gasteiger partial charge in [0, 0.05) is 12.1 Å². The molecule has 1 aromatic heterocycles. The third-order valence-electron chi connectivity index (χ3n) is 3.08. The molecule has 0 aliphatic rings. The second kappa shape index (κ2) is 5.78. The van der Waals surface area contributed by atoms with Gasteiger partial charge in [0.15, 0.2) is 5.82 Å². The van der Waals surface area contributed by atoms with Crippen LogP contribution in [0.25, 0.3) is 11.4 Å². The minimum Gasteiger partial charge on any atom is -0.324 e. The number of hydrogen-bond donors (Lipinski definition) is 1. The maximum absolute atomic E-state index is 5.69. The van der Waals surface area contributed by atoms with Gasteiger partial charge in [-0.05, 0) is 18.4 Å². The van der Waals surface area contributed by atoms with Crippen molar-refractivity contribution in [2.75, 3.05) is 0 Å². The van der Waals surface area contributed by atoms with Crippen molar-refractivity contribution in [3.05, 3.63) is 35.7 Å². The zero-order valence-corrected chi connectivity index (χ0v) is 11.1. The van der Waals surface area contributed by atoms with Crippen molar-refractivity contribution in [2.24, 2.45) is 5.73 Å². The average molecular weight is 244 g/mol. The molecule has 2 aromatic rings. The molecule has 2 N–H and O–H groups in total. The van der Waals surface area contributed by atoms with Crippen LogP contribution in [0, 0.1) is 0 Å². The van der Waals surface area contributed by atoms with Crippen molar-refractivity contribution in [3.8, 4) is 11.4 Å². The average Bonchev–Trinajstić information content (AvgIpc) is 2.82. The molecule has 0 atom stereocenters. The molecule has 0 saturated heterocycles. The summed E-state index contributed by atoms with van der Waals surface area (Å²) in [5.74, 6) is 1.77. The maximum Gasteiger partial charge on any atom is 0.163 e. The third-order valence-corrected chi connectivity index (χ3v) is 3.08. The Morgan fingerprint density at radius 2 is 1.83 bits per heavy atom. The van der Waals surface area contributed by atoms with E-state index in [1.54, 1.807) is 0 Å². The third kappa shape index (κ3) is 2.43. The smallest absolute Gasteiger partial charge is 0.163 e. The van der Waals surface area contributed by atoms with E-state index in [2.05, 4.69) is 52.9 Å². The Morgan fingerprint density at radius 1 is 1.11 bits per heavy atom. The lowest BCUT2D eigenvalue weighted by molar-refractivity contribution is 0.644. The number of nitrogens with two attached hydrogens (primary N) is 1. The first-order chi connectivity index (χ1) is 8.80. The van der Waals surface area contributed by atoms with Gasteiger partial charge in [0.05, 0.1) is 6.54 Å². The van der Waals surface area contributed by atoms with Gasteiger partial charge in [-0.1, -0.05) is 38.1 Å². The fourth-order valence-corrected chi connectivity index (χ4v) is 2.05. The van der Waals surface area contributed by atoms with Crippen molar-refractivity contribution < 1.29 is 0 Å². The first kappa shape index (κ1) is 12.8. The summed E-state index contributed by atoms with van der Waals surface area (Å²) in [5, 5.41) is 8.42. The van der Waals surface area contributed by atoms with Crippen LogP contribution in [0.3, 0.4) is 0 Å². The molecule has 4 heteroatoms. The molecule has 0 unspecified atom stereocenters. The lowest BCUT2D eigenvalue weighted by Crippen LogP contribution is -2.09. The molecule has 1 aromatic carbocycles. The molecule has 0 saturated carbocycles. The summed E-state index contributed by atoms with van der Waals surface area (Å²) in [6.07, 6.45) is 2.10. The fraction of sp³-hybridized carbons (Fsp3) is 0.429. The number of nitrogens with zero attached hydrogens (tertiary/aromatic N) is 3. The van der Waals surface area contributed by atoms with Gasteiger partial charge >= 0.3 is 0 Å². The molecule has 0 spiro atoms. The van der Waals surface area contributed by atoms with Crippen molar-refractivity contribution >= 4 is 0 Å².